The third-order valence-corrected chi connectivity index (χ3v) is 4.55. The molecular formula is C18H20ClNO4S. The number of nitrogens with one attached hydrogen (secondary N) is 1. The molecule has 1 N–H and O–H groups in total. The van der Waals surface area contributed by atoms with E-state index < -0.39 is 12.1 Å². The third kappa shape index (κ3) is 5.76. The Labute approximate surface area is 155 Å². The predicted octanol–water partition coefficient (Wildman–Crippen LogP) is 3.65. The molecule has 0 aliphatic heterocycles. The fraction of sp³-hybridized carbons (Fsp3) is 0.333. The quantitative estimate of drug-likeness (QED) is 0.743. The zero-order valence-corrected chi connectivity index (χ0v) is 15.9. The molecule has 0 aliphatic carbocycles. The van der Waals surface area contributed by atoms with Crippen LogP contribution < -0.4 is 10.1 Å². The van der Waals surface area contributed by atoms with Gasteiger partial charge in [-0.15, -0.1) is 11.3 Å². The van der Waals surface area contributed by atoms with E-state index in [1.807, 2.05) is 31.4 Å². The van der Waals surface area contributed by atoms with Crippen molar-refractivity contribution in [2.24, 2.45) is 0 Å². The maximum atomic E-state index is 12.0. The molecule has 25 heavy (non-hydrogen) atoms. The lowest BCUT2D eigenvalue weighted by molar-refractivity contribution is -0.156. The van der Waals surface area contributed by atoms with Gasteiger partial charge in [0.15, 0.2) is 12.7 Å². The number of thiophene rings is 1. The molecule has 134 valence electrons. The average Bonchev–Trinajstić information content (AvgIpc) is 3.04. The van der Waals surface area contributed by atoms with E-state index in [0.717, 1.165) is 16.0 Å². The molecule has 0 fully saturated rings. The number of carbonyl (C=O) groups is 2. The molecule has 0 radical (unpaired) electrons. The summed E-state index contributed by atoms with van der Waals surface area (Å²) in [5.41, 5.74) is 1.67. The number of esters is 1. The fourth-order valence-electron chi connectivity index (χ4n) is 2.27. The van der Waals surface area contributed by atoms with Crippen molar-refractivity contribution in [1.29, 1.82) is 0 Å². The first kappa shape index (κ1) is 19.3. The number of hydrogen-bond donors (Lipinski definition) is 1. The summed E-state index contributed by atoms with van der Waals surface area (Å²) in [5.74, 6) is -0.357. The van der Waals surface area contributed by atoms with Crippen LogP contribution in [0.5, 0.6) is 5.75 Å². The van der Waals surface area contributed by atoms with Gasteiger partial charge in [-0.3, -0.25) is 4.79 Å². The van der Waals surface area contributed by atoms with Crippen LogP contribution >= 0.6 is 22.9 Å². The maximum absolute atomic E-state index is 12.0. The number of rotatable bonds is 7. The van der Waals surface area contributed by atoms with Crippen LogP contribution in [0.4, 0.5) is 0 Å². The van der Waals surface area contributed by atoms with E-state index in [1.54, 1.807) is 23.5 Å². The van der Waals surface area contributed by atoms with Gasteiger partial charge in [-0.1, -0.05) is 17.7 Å². The predicted molar refractivity (Wildman–Crippen MR) is 98.1 cm³/mol. The van der Waals surface area contributed by atoms with Crippen molar-refractivity contribution in [2.45, 2.75) is 33.4 Å². The van der Waals surface area contributed by atoms with Crippen LogP contribution in [0.2, 0.25) is 5.02 Å². The van der Waals surface area contributed by atoms with Gasteiger partial charge in [-0.05, 0) is 55.5 Å². The smallest absolute Gasteiger partial charge is 0.344 e. The Morgan fingerprint density at radius 2 is 1.96 bits per heavy atom. The molecule has 0 unspecified atom stereocenters. The number of carbonyl (C=O) groups excluding carboxylic acids is 2. The number of halogens is 1. The summed E-state index contributed by atoms with van der Waals surface area (Å²) in [6, 6.07) is 7.35. The highest BCUT2D eigenvalue weighted by atomic mass is 35.5. The standard InChI is InChI=1S/C18H20ClNO4S/c1-11-7-14(19)8-12(2)17(11)23-10-16(21)24-13(3)18(22)20-9-15-5-4-6-25-15/h4-8,13H,9-10H2,1-3H3,(H,20,22)/t13-/m0/s1. The normalized spacial score (nSPS) is 11.7. The van der Waals surface area contributed by atoms with Gasteiger partial charge in [-0.25, -0.2) is 4.79 Å². The van der Waals surface area contributed by atoms with Crippen LogP contribution in [0.15, 0.2) is 29.6 Å². The monoisotopic (exact) mass is 381 g/mol. The second-order valence-electron chi connectivity index (χ2n) is 5.59. The highest BCUT2D eigenvalue weighted by Gasteiger charge is 2.18. The van der Waals surface area contributed by atoms with Crippen molar-refractivity contribution < 1.29 is 19.1 Å². The van der Waals surface area contributed by atoms with Gasteiger partial charge in [-0.2, -0.15) is 0 Å². The summed E-state index contributed by atoms with van der Waals surface area (Å²) in [5, 5.41) is 5.27. The van der Waals surface area contributed by atoms with E-state index >= 15 is 0 Å². The van der Waals surface area contributed by atoms with Crippen LogP contribution in [0.25, 0.3) is 0 Å². The summed E-state index contributed by atoms with van der Waals surface area (Å²) in [6.45, 7) is 5.37. The van der Waals surface area contributed by atoms with Crippen LogP contribution in [0, 0.1) is 13.8 Å². The van der Waals surface area contributed by atoms with Crippen molar-refractivity contribution in [3.63, 3.8) is 0 Å². The molecule has 2 aromatic rings. The molecule has 0 saturated heterocycles. The first-order chi connectivity index (χ1) is 11.9. The van der Waals surface area contributed by atoms with Crippen molar-refractivity contribution in [3.05, 3.63) is 50.7 Å². The first-order valence-corrected chi connectivity index (χ1v) is 9.01. The van der Waals surface area contributed by atoms with Gasteiger partial charge >= 0.3 is 5.97 Å². The van der Waals surface area contributed by atoms with E-state index in [-0.39, 0.29) is 12.5 Å². The van der Waals surface area contributed by atoms with Crippen molar-refractivity contribution in [2.75, 3.05) is 6.61 Å². The number of hydrogen-bond acceptors (Lipinski definition) is 5. The maximum Gasteiger partial charge on any atom is 0.344 e. The molecule has 7 heteroatoms. The molecule has 2 rings (SSSR count). The minimum absolute atomic E-state index is 0.272. The number of amides is 1. The molecule has 1 aromatic carbocycles. The number of benzene rings is 1. The van der Waals surface area contributed by atoms with Crippen LogP contribution in [0.3, 0.4) is 0 Å². The zero-order valence-electron chi connectivity index (χ0n) is 14.3. The topological polar surface area (TPSA) is 64.6 Å². The Kier molecular flexibility index (Phi) is 6.84. The summed E-state index contributed by atoms with van der Waals surface area (Å²) < 4.78 is 10.6. The minimum Gasteiger partial charge on any atom is -0.481 e. The molecule has 0 spiro atoms. The van der Waals surface area contributed by atoms with Crippen molar-refractivity contribution in [1.82, 2.24) is 5.32 Å². The lowest BCUT2D eigenvalue weighted by Gasteiger charge is -2.15. The van der Waals surface area contributed by atoms with E-state index in [1.165, 1.54) is 6.92 Å². The van der Waals surface area contributed by atoms with E-state index in [0.29, 0.717) is 17.3 Å². The molecule has 1 atom stereocenters. The van der Waals surface area contributed by atoms with E-state index in [2.05, 4.69) is 5.32 Å². The molecule has 1 amide bonds. The van der Waals surface area contributed by atoms with Crippen LogP contribution in [0.1, 0.15) is 22.9 Å². The van der Waals surface area contributed by atoms with Crippen LogP contribution in [-0.4, -0.2) is 24.6 Å². The average molecular weight is 382 g/mol. The van der Waals surface area contributed by atoms with E-state index in [4.69, 9.17) is 21.1 Å². The highest BCUT2D eigenvalue weighted by molar-refractivity contribution is 7.09. The second kappa shape index (κ2) is 8.87. The summed E-state index contributed by atoms with van der Waals surface area (Å²) in [7, 11) is 0. The lowest BCUT2D eigenvalue weighted by atomic mass is 10.1. The van der Waals surface area contributed by atoms with Crippen molar-refractivity contribution in [3.8, 4) is 5.75 Å². The Morgan fingerprint density at radius 3 is 2.56 bits per heavy atom. The van der Waals surface area contributed by atoms with Gasteiger partial charge in [0.1, 0.15) is 5.75 Å². The summed E-state index contributed by atoms with van der Waals surface area (Å²) in [6.07, 6.45) is -0.886. The fourth-order valence-corrected chi connectivity index (χ4v) is 3.24. The van der Waals surface area contributed by atoms with Gasteiger partial charge in [0.2, 0.25) is 0 Å². The Morgan fingerprint density at radius 1 is 1.28 bits per heavy atom. The molecular weight excluding hydrogens is 362 g/mol. The van der Waals surface area contributed by atoms with Crippen molar-refractivity contribution >= 4 is 34.8 Å². The minimum atomic E-state index is -0.886. The second-order valence-corrected chi connectivity index (χ2v) is 7.06. The number of ether oxygens (including phenoxy) is 2. The highest BCUT2D eigenvalue weighted by Crippen LogP contribution is 2.27. The van der Waals surface area contributed by atoms with Gasteiger partial charge in [0, 0.05) is 9.90 Å². The Bertz CT molecular complexity index is 723. The Balaban J connectivity index is 1.80. The lowest BCUT2D eigenvalue weighted by Crippen LogP contribution is -2.36. The summed E-state index contributed by atoms with van der Waals surface area (Å²) >= 11 is 7.51. The SMILES string of the molecule is Cc1cc(Cl)cc(C)c1OCC(=O)O[C@@H](C)C(=O)NCc1cccs1. The van der Waals surface area contributed by atoms with Crippen LogP contribution in [-0.2, 0) is 20.9 Å². The van der Waals surface area contributed by atoms with E-state index in [9.17, 15) is 9.59 Å². The first-order valence-electron chi connectivity index (χ1n) is 7.76. The Hall–Kier alpha value is -2.05. The molecule has 1 heterocycles. The van der Waals surface area contributed by atoms with Gasteiger partial charge in [0.05, 0.1) is 6.54 Å². The molecule has 0 bridgehead atoms. The zero-order chi connectivity index (χ0) is 18.4. The number of aryl methyl sites for hydroxylation is 2. The molecule has 5 nitrogen and oxygen atoms in total. The molecule has 1 aromatic heterocycles. The molecule has 0 aliphatic rings. The van der Waals surface area contributed by atoms with Gasteiger partial charge in [0.25, 0.3) is 5.91 Å². The third-order valence-electron chi connectivity index (χ3n) is 3.45. The summed E-state index contributed by atoms with van der Waals surface area (Å²) in [4.78, 5) is 24.9. The largest absolute Gasteiger partial charge is 0.481 e. The van der Waals surface area contributed by atoms with Gasteiger partial charge < -0.3 is 14.8 Å². The molecule has 0 saturated carbocycles.